The van der Waals surface area contributed by atoms with Gasteiger partial charge in [0.2, 0.25) is 5.91 Å². The zero-order valence-corrected chi connectivity index (χ0v) is 19.0. The lowest BCUT2D eigenvalue weighted by molar-refractivity contribution is -0.116. The standard InChI is InChI=1S/C24H19BrN4O4/c25-16-9-10-17-18(13-16)24(33)29(23(17)32)12-4-8-21(30)27-19-6-1-2-7-20(19)28-22(31)15-5-3-11-26-14-15/h1-3,5-7,9-11,13-14H,4,8,12H2,(H,27,30)(H,28,31). The summed E-state index contributed by atoms with van der Waals surface area (Å²) in [5, 5.41) is 5.54. The number of benzene rings is 2. The minimum atomic E-state index is -0.361. The number of anilines is 2. The van der Waals surface area contributed by atoms with Crippen LogP contribution in [0, 0.1) is 0 Å². The molecule has 1 aromatic heterocycles. The maximum absolute atomic E-state index is 12.5. The molecule has 4 rings (SSSR count). The molecule has 0 fully saturated rings. The van der Waals surface area contributed by atoms with E-state index in [1.165, 1.54) is 6.20 Å². The van der Waals surface area contributed by atoms with Crippen LogP contribution in [-0.2, 0) is 4.79 Å². The predicted octanol–water partition coefficient (Wildman–Crippen LogP) is 4.11. The summed E-state index contributed by atoms with van der Waals surface area (Å²) >= 11 is 3.31. The van der Waals surface area contributed by atoms with Gasteiger partial charge in [0.1, 0.15) is 0 Å². The predicted molar refractivity (Wildman–Crippen MR) is 126 cm³/mol. The number of nitrogens with one attached hydrogen (secondary N) is 2. The molecule has 0 aliphatic carbocycles. The van der Waals surface area contributed by atoms with Gasteiger partial charge in [0, 0.05) is 29.8 Å². The molecule has 1 aliphatic rings. The average molecular weight is 507 g/mol. The number of nitrogens with zero attached hydrogens (tertiary/aromatic N) is 2. The van der Waals surface area contributed by atoms with Crippen LogP contribution < -0.4 is 10.6 Å². The second-order valence-electron chi connectivity index (χ2n) is 7.34. The third kappa shape index (κ3) is 4.98. The Labute approximate surface area is 198 Å². The zero-order chi connectivity index (χ0) is 23.4. The molecule has 166 valence electrons. The van der Waals surface area contributed by atoms with E-state index < -0.39 is 0 Å². The van der Waals surface area contributed by atoms with E-state index in [-0.39, 0.29) is 36.6 Å². The Balaban J connectivity index is 1.33. The maximum atomic E-state index is 12.5. The van der Waals surface area contributed by atoms with Gasteiger partial charge in [0.15, 0.2) is 0 Å². The van der Waals surface area contributed by atoms with E-state index in [0.717, 1.165) is 9.37 Å². The monoisotopic (exact) mass is 506 g/mol. The molecular formula is C24H19BrN4O4. The van der Waals surface area contributed by atoms with Crippen LogP contribution in [0.4, 0.5) is 11.4 Å². The fourth-order valence-electron chi connectivity index (χ4n) is 3.47. The summed E-state index contributed by atoms with van der Waals surface area (Å²) in [4.78, 5) is 55.0. The van der Waals surface area contributed by atoms with Crippen LogP contribution in [0.3, 0.4) is 0 Å². The number of carbonyl (C=O) groups excluding carboxylic acids is 4. The van der Waals surface area contributed by atoms with Gasteiger partial charge in [0.05, 0.1) is 28.1 Å². The summed E-state index contributed by atoms with van der Waals surface area (Å²) in [6, 6.07) is 15.1. The van der Waals surface area contributed by atoms with E-state index in [1.807, 2.05) is 0 Å². The van der Waals surface area contributed by atoms with Crippen LogP contribution in [0.5, 0.6) is 0 Å². The smallest absolute Gasteiger partial charge is 0.261 e. The van der Waals surface area contributed by atoms with Gasteiger partial charge in [-0.1, -0.05) is 28.1 Å². The number of aromatic nitrogens is 1. The van der Waals surface area contributed by atoms with Gasteiger partial charge in [-0.25, -0.2) is 0 Å². The first kappa shape index (κ1) is 22.3. The van der Waals surface area contributed by atoms with Crippen LogP contribution in [0.1, 0.15) is 43.9 Å². The first-order valence-electron chi connectivity index (χ1n) is 10.2. The van der Waals surface area contributed by atoms with Crippen LogP contribution in [0.15, 0.2) is 71.5 Å². The van der Waals surface area contributed by atoms with Gasteiger partial charge < -0.3 is 10.6 Å². The largest absolute Gasteiger partial charge is 0.324 e. The Kier molecular flexibility index (Phi) is 6.60. The highest BCUT2D eigenvalue weighted by molar-refractivity contribution is 9.10. The summed E-state index contributed by atoms with van der Waals surface area (Å²) in [7, 11) is 0. The van der Waals surface area contributed by atoms with E-state index >= 15 is 0 Å². The number of carbonyl (C=O) groups is 4. The van der Waals surface area contributed by atoms with E-state index in [1.54, 1.807) is 60.8 Å². The molecule has 0 unspecified atom stereocenters. The Hall–Kier alpha value is -3.85. The summed E-state index contributed by atoms with van der Waals surface area (Å²) in [5.74, 6) is -1.36. The number of hydrogen-bond acceptors (Lipinski definition) is 5. The minimum Gasteiger partial charge on any atom is -0.324 e. The molecule has 4 amide bonds. The highest BCUT2D eigenvalue weighted by atomic mass is 79.9. The Morgan fingerprint density at radius 1 is 0.909 bits per heavy atom. The fourth-order valence-corrected chi connectivity index (χ4v) is 3.83. The summed E-state index contributed by atoms with van der Waals surface area (Å²) in [6.07, 6.45) is 3.44. The molecule has 2 aromatic carbocycles. The van der Waals surface area contributed by atoms with E-state index in [9.17, 15) is 19.2 Å². The number of halogens is 1. The molecule has 0 saturated heterocycles. The van der Waals surface area contributed by atoms with Crippen molar-refractivity contribution < 1.29 is 19.2 Å². The number of fused-ring (bicyclic) bond motifs is 1. The minimum absolute atomic E-state index is 0.0992. The lowest BCUT2D eigenvalue weighted by Gasteiger charge is -2.14. The van der Waals surface area contributed by atoms with Crippen molar-refractivity contribution in [3.63, 3.8) is 0 Å². The SMILES string of the molecule is O=C(CCCN1C(=O)c2ccc(Br)cc2C1=O)Nc1ccccc1NC(=O)c1cccnc1. The van der Waals surface area contributed by atoms with Crippen molar-refractivity contribution in [1.29, 1.82) is 0 Å². The first-order valence-corrected chi connectivity index (χ1v) is 11.0. The van der Waals surface area contributed by atoms with Gasteiger partial charge >= 0.3 is 0 Å². The second-order valence-corrected chi connectivity index (χ2v) is 8.26. The summed E-state index contributed by atoms with van der Waals surface area (Å²) in [5.41, 5.74) is 2.02. The Morgan fingerprint density at radius 2 is 1.64 bits per heavy atom. The molecular weight excluding hydrogens is 488 g/mol. The molecule has 0 spiro atoms. The highest BCUT2D eigenvalue weighted by Crippen LogP contribution is 2.26. The number of rotatable bonds is 7. The van der Waals surface area contributed by atoms with E-state index in [4.69, 9.17) is 0 Å². The number of hydrogen-bond donors (Lipinski definition) is 2. The Bertz CT molecular complexity index is 1250. The topological polar surface area (TPSA) is 108 Å². The third-order valence-electron chi connectivity index (χ3n) is 5.09. The number of amides is 4. The van der Waals surface area contributed by atoms with Crippen molar-refractivity contribution in [3.05, 3.63) is 88.2 Å². The zero-order valence-electron chi connectivity index (χ0n) is 17.4. The van der Waals surface area contributed by atoms with Crippen molar-refractivity contribution in [1.82, 2.24) is 9.88 Å². The molecule has 0 saturated carbocycles. The molecule has 8 nitrogen and oxygen atoms in total. The van der Waals surface area contributed by atoms with Gasteiger partial charge in [-0.2, -0.15) is 0 Å². The second kappa shape index (κ2) is 9.74. The van der Waals surface area contributed by atoms with Crippen LogP contribution in [0.2, 0.25) is 0 Å². The summed E-state index contributed by atoms with van der Waals surface area (Å²) < 4.78 is 0.720. The fraction of sp³-hybridized carbons (Fsp3) is 0.125. The van der Waals surface area contributed by atoms with Crippen molar-refractivity contribution in [2.75, 3.05) is 17.2 Å². The number of pyridine rings is 1. The van der Waals surface area contributed by atoms with Crippen LogP contribution in [-0.4, -0.2) is 40.1 Å². The van der Waals surface area contributed by atoms with Gasteiger partial charge in [0.25, 0.3) is 17.7 Å². The van der Waals surface area contributed by atoms with Crippen molar-refractivity contribution in [2.45, 2.75) is 12.8 Å². The van der Waals surface area contributed by atoms with Gasteiger partial charge in [-0.05, 0) is 48.9 Å². The molecule has 0 bridgehead atoms. The lowest BCUT2D eigenvalue weighted by atomic mass is 10.1. The molecule has 2 heterocycles. The number of imide groups is 1. The van der Waals surface area contributed by atoms with Crippen molar-refractivity contribution >= 4 is 50.9 Å². The highest BCUT2D eigenvalue weighted by Gasteiger charge is 2.35. The normalized spacial score (nSPS) is 12.5. The lowest BCUT2D eigenvalue weighted by Crippen LogP contribution is -2.31. The first-order chi connectivity index (χ1) is 15.9. The van der Waals surface area contributed by atoms with Crippen molar-refractivity contribution in [2.24, 2.45) is 0 Å². The quantitative estimate of drug-likeness (QED) is 0.468. The van der Waals surface area contributed by atoms with Crippen molar-refractivity contribution in [3.8, 4) is 0 Å². The molecule has 2 N–H and O–H groups in total. The van der Waals surface area contributed by atoms with Crippen LogP contribution in [0.25, 0.3) is 0 Å². The van der Waals surface area contributed by atoms with Crippen LogP contribution >= 0.6 is 15.9 Å². The number of para-hydroxylation sites is 2. The van der Waals surface area contributed by atoms with Gasteiger partial charge in [-0.3, -0.25) is 29.1 Å². The molecule has 3 aromatic rings. The Morgan fingerprint density at radius 3 is 2.36 bits per heavy atom. The van der Waals surface area contributed by atoms with E-state index in [2.05, 4.69) is 31.5 Å². The third-order valence-corrected chi connectivity index (χ3v) is 5.58. The molecule has 1 aliphatic heterocycles. The van der Waals surface area contributed by atoms with E-state index in [0.29, 0.717) is 34.5 Å². The molecule has 0 atom stereocenters. The molecule has 33 heavy (non-hydrogen) atoms. The molecule has 9 heteroatoms. The molecule has 0 radical (unpaired) electrons. The average Bonchev–Trinajstić information content (AvgIpc) is 3.05. The van der Waals surface area contributed by atoms with Gasteiger partial charge in [-0.15, -0.1) is 0 Å². The summed E-state index contributed by atoms with van der Waals surface area (Å²) in [6.45, 7) is 0.136. The maximum Gasteiger partial charge on any atom is 0.261 e.